The maximum Gasteiger partial charge on any atom is 0.270 e. The molecule has 1 fully saturated rings. The molecule has 1 aliphatic carbocycles. The molecule has 192 valence electrons. The Balaban J connectivity index is 1.41. The maximum atomic E-state index is 13.1. The molecular weight excluding hydrogens is 544 g/mol. The highest BCUT2D eigenvalue weighted by molar-refractivity contribution is 9.11. The number of pyridine rings is 1. The summed E-state index contributed by atoms with van der Waals surface area (Å²) in [5.41, 5.74) is 2.84. The van der Waals surface area contributed by atoms with Crippen molar-refractivity contribution in [1.82, 2.24) is 10.3 Å². The Morgan fingerprint density at radius 3 is 2.43 bits per heavy atom. The Morgan fingerprint density at radius 2 is 1.76 bits per heavy atom. The first kappa shape index (κ1) is 25.9. The lowest BCUT2D eigenvalue weighted by Crippen LogP contribution is -2.24. The minimum absolute atomic E-state index is 0.104. The van der Waals surface area contributed by atoms with Crippen LogP contribution in [0, 0.1) is 5.92 Å². The second-order valence-corrected chi connectivity index (χ2v) is 13.5. The maximum absolute atomic E-state index is 13.1. The summed E-state index contributed by atoms with van der Waals surface area (Å²) in [7, 11) is 0. The average Bonchev–Trinajstić information content (AvgIpc) is 3.54. The van der Waals surface area contributed by atoms with Crippen LogP contribution in [0.1, 0.15) is 73.1 Å². The molecule has 0 aliphatic heterocycles. The molecule has 2 heterocycles. The van der Waals surface area contributed by atoms with Gasteiger partial charge in [-0.15, -0.1) is 11.3 Å². The van der Waals surface area contributed by atoms with E-state index in [1.807, 2.05) is 42.5 Å². The average molecular weight is 578 g/mol. The van der Waals surface area contributed by atoms with Gasteiger partial charge in [-0.25, -0.2) is 4.98 Å². The number of halogens is 1. The standard InChI is InChI=1S/C31H33BrN2O2S/c1-31(2,3)22-9-12-23(13-10-22)36-24-11-8-21-17-28(30(35)33-19-25-14-15-29(32)37-25)34-27(26(21)18-24)16-20-6-4-5-7-20/h8-15,17-18,20H,4-7,16,19H2,1-3H3,(H,33,35). The van der Waals surface area contributed by atoms with Crippen LogP contribution in [0.15, 0.2) is 64.5 Å². The van der Waals surface area contributed by atoms with E-state index in [2.05, 4.69) is 60.2 Å². The van der Waals surface area contributed by atoms with Crippen molar-refractivity contribution in [2.75, 3.05) is 0 Å². The van der Waals surface area contributed by atoms with Gasteiger partial charge in [0, 0.05) is 16.0 Å². The molecule has 0 spiro atoms. The number of carbonyl (C=O) groups is 1. The van der Waals surface area contributed by atoms with Crippen molar-refractivity contribution in [2.45, 2.75) is 64.8 Å². The summed E-state index contributed by atoms with van der Waals surface area (Å²) in [6, 6.07) is 20.3. The second kappa shape index (κ2) is 11.0. The monoisotopic (exact) mass is 576 g/mol. The molecule has 0 radical (unpaired) electrons. The minimum atomic E-state index is -0.140. The molecule has 4 nitrogen and oxygen atoms in total. The van der Waals surface area contributed by atoms with Crippen molar-refractivity contribution in [3.63, 3.8) is 0 Å². The number of thiophene rings is 1. The Morgan fingerprint density at radius 1 is 1.03 bits per heavy atom. The van der Waals surface area contributed by atoms with Crippen LogP contribution in [-0.4, -0.2) is 10.9 Å². The zero-order chi connectivity index (χ0) is 26.0. The lowest BCUT2D eigenvalue weighted by atomic mass is 9.87. The number of nitrogens with zero attached hydrogens (tertiary/aromatic N) is 1. The van der Waals surface area contributed by atoms with Crippen LogP contribution in [0.2, 0.25) is 0 Å². The number of ether oxygens (including phenoxy) is 1. The van der Waals surface area contributed by atoms with E-state index in [4.69, 9.17) is 9.72 Å². The smallest absolute Gasteiger partial charge is 0.270 e. The van der Waals surface area contributed by atoms with Crippen LogP contribution in [0.25, 0.3) is 10.8 Å². The molecule has 0 atom stereocenters. The van der Waals surface area contributed by atoms with Crippen LogP contribution < -0.4 is 10.1 Å². The molecule has 1 saturated carbocycles. The summed E-state index contributed by atoms with van der Waals surface area (Å²) in [4.78, 5) is 19.1. The summed E-state index contributed by atoms with van der Waals surface area (Å²) >= 11 is 5.11. The molecule has 5 rings (SSSR count). The van der Waals surface area contributed by atoms with Crippen LogP contribution in [0.3, 0.4) is 0 Å². The van der Waals surface area contributed by atoms with E-state index in [1.54, 1.807) is 11.3 Å². The van der Waals surface area contributed by atoms with Gasteiger partial charge in [0.25, 0.3) is 5.91 Å². The predicted octanol–water partition coefficient (Wildman–Crippen LogP) is 8.81. The fourth-order valence-corrected chi connectivity index (χ4v) is 6.41. The van der Waals surface area contributed by atoms with Crippen LogP contribution >= 0.6 is 27.3 Å². The van der Waals surface area contributed by atoms with Gasteiger partial charge in [0.15, 0.2) is 0 Å². The number of hydrogen-bond acceptors (Lipinski definition) is 4. The summed E-state index contributed by atoms with van der Waals surface area (Å²) in [5, 5.41) is 5.12. The largest absolute Gasteiger partial charge is 0.457 e. The third-order valence-electron chi connectivity index (χ3n) is 7.08. The Bertz CT molecular complexity index is 1400. The number of fused-ring (bicyclic) bond motifs is 1. The van der Waals surface area contributed by atoms with E-state index in [0.29, 0.717) is 18.2 Å². The van der Waals surface area contributed by atoms with Gasteiger partial charge in [-0.05, 0) is 87.1 Å². The lowest BCUT2D eigenvalue weighted by Gasteiger charge is -2.19. The quantitative estimate of drug-likeness (QED) is 0.239. The van der Waals surface area contributed by atoms with Gasteiger partial charge in [0.05, 0.1) is 10.3 Å². The molecule has 1 aliphatic rings. The molecule has 37 heavy (non-hydrogen) atoms. The highest BCUT2D eigenvalue weighted by atomic mass is 79.9. The molecule has 1 amide bonds. The summed E-state index contributed by atoms with van der Waals surface area (Å²) in [6.45, 7) is 7.12. The number of carbonyl (C=O) groups excluding carboxylic acids is 1. The molecule has 2 aromatic heterocycles. The first-order valence-electron chi connectivity index (χ1n) is 13.0. The van der Waals surface area contributed by atoms with Gasteiger partial charge in [-0.1, -0.05) is 64.7 Å². The lowest BCUT2D eigenvalue weighted by molar-refractivity contribution is 0.0946. The summed E-state index contributed by atoms with van der Waals surface area (Å²) in [6.07, 6.45) is 5.89. The van der Waals surface area contributed by atoms with Gasteiger partial charge in [-0.3, -0.25) is 4.79 Å². The van der Waals surface area contributed by atoms with Crippen molar-refractivity contribution < 1.29 is 9.53 Å². The molecule has 6 heteroatoms. The highest BCUT2D eigenvalue weighted by Gasteiger charge is 2.20. The van der Waals surface area contributed by atoms with Gasteiger partial charge in [0.2, 0.25) is 0 Å². The SMILES string of the molecule is CC(C)(C)c1ccc(Oc2ccc3cc(C(=O)NCc4ccc(Br)s4)nc(CC4CCCC4)c3c2)cc1. The first-order valence-corrected chi connectivity index (χ1v) is 14.6. The van der Waals surface area contributed by atoms with Crippen LogP contribution in [0.4, 0.5) is 0 Å². The second-order valence-electron chi connectivity index (χ2n) is 11.0. The highest BCUT2D eigenvalue weighted by Crippen LogP contribution is 2.33. The Hall–Kier alpha value is -2.70. The zero-order valence-electron chi connectivity index (χ0n) is 21.6. The molecule has 2 aromatic carbocycles. The predicted molar refractivity (Wildman–Crippen MR) is 156 cm³/mol. The number of amides is 1. The number of nitrogens with one attached hydrogen (secondary N) is 1. The van der Waals surface area contributed by atoms with E-state index in [9.17, 15) is 4.79 Å². The van der Waals surface area contributed by atoms with Gasteiger partial charge < -0.3 is 10.1 Å². The summed E-state index contributed by atoms with van der Waals surface area (Å²) < 4.78 is 7.29. The number of aromatic nitrogens is 1. The van der Waals surface area contributed by atoms with E-state index >= 15 is 0 Å². The van der Waals surface area contributed by atoms with Crippen molar-refractivity contribution in [2.24, 2.45) is 5.92 Å². The molecule has 4 aromatic rings. The fourth-order valence-electron chi connectivity index (χ4n) is 4.98. The van der Waals surface area contributed by atoms with Crippen molar-refractivity contribution in [3.05, 3.63) is 86.3 Å². The van der Waals surface area contributed by atoms with Gasteiger partial charge in [-0.2, -0.15) is 0 Å². The third-order valence-corrected chi connectivity index (χ3v) is 8.70. The topological polar surface area (TPSA) is 51.2 Å². The normalized spacial score (nSPS) is 14.3. The minimum Gasteiger partial charge on any atom is -0.457 e. The van der Waals surface area contributed by atoms with Crippen molar-refractivity contribution in [3.8, 4) is 11.5 Å². The van der Waals surface area contributed by atoms with Crippen molar-refractivity contribution >= 4 is 43.9 Å². The Labute approximate surface area is 231 Å². The fraction of sp³-hybridized carbons (Fsp3) is 0.355. The molecular formula is C31H33BrN2O2S. The van der Waals surface area contributed by atoms with Gasteiger partial charge >= 0.3 is 0 Å². The summed E-state index contributed by atoms with van der Waals surface area (Å²) in [5.74, 6) is 2.07. The molecule has 0 saturated heterocycles. The molecule has 0 unspecified atom stereocenters. The van der Waals surface area contributed by atoms with Gasteiger partial charge in [0.1, 0.15) is 17.2 Å². The first-order chi connectivity index (χ1) is 17.7. The Kier molecular flexibility index (Phi) is 7.68. The number of rotatable bonds is 7. The molecule has 0 bridgehead atoms. The number of hydrogen-bond donors (Lipinski definition) is 1. The van der Waals surface area contributed by atoms with Crippen LogP contribution in [0.5, 0.6) is 11.5 Å². The van der Waals surface area contributed by atoms with E-state index in [-0.39, 0.29) is 11.3 Å². The van der Waals surface area contributed by atoms with Crippen LogP contribution in [-0.2, 0) is 18.4 Å². The van der Waals surface area contributed by atoms with Crippen molar-refractivity contribution in [1.29, 1.82) is 0 Å². The third kappa shape index (κ3) is 6.42. The molecule has 1 N–H and O–H groups in total. The van der Waals surface area contributed by atoms with E-state index < -0.39 is 0 Å². The zero-order valence-corrected chi connectivity index (χ0v) is 24.0. The number of benzene rings is 2. The van der Waals surface area contributed by atoms with E-state index in [0.717, 1.165) is 43.0 Å². The van der Waals surface area contributed by atoms with E-state index in [1.165, 1.54) is 31.2 Å².